The minimum absolute atomic E-state index is 0.173. The van der Waals surface area contributed by atoms with Gasteiger partial charge in [0.1, 0.15) is 22.8 Å². The van der Waals surface area contributed by atoms with E-state index < -0.39 is 5.91 Å². The molecule has 0 unspecified atom stereocenters. The summed E-state index contributed by atoms with van der Waals surface area (Å²) in [7, 11) is 3.03. The molecular formula is C21H20ClN3O4. The van der Waals surface area contributed by atoms with Gasteiger partial charge in [-0.05, 0) is 25.1 Å². The van der Waals surface area contributed by atoms with Gasteiger partial charge in [0.05, 0.1) is 19.3 Å². The van der Waals surface area contributed by atoms with Crippen molar-refractivity contribution in [3.63, 3.8) is 0 Å². The molecule has 0 bridgehead atoms. The largest absolute Gasteiger partial charge is 0.495 e. The van der Waals surface area contributed by atoms with Crippen LogP contribution in [0.15, 0.2) is 53.1 Å². The number of halogens is 1. The van der Waals surface area contributed by atoms with Gasteiger partial charge in [-0.2, -0.15) is 0 Å². The molecule has 0 spiro atoms. The molecule has 0 saturated heterocycles. The summed E-state index contributed by atoms with van der Waals surface area (Å²) < 4.78 is 10.5. The van der Waals surface area contributed by atoms with Gasteiger partial charge in [-0.25, -0.2) is 0 Å². The predicted molar refractivity (Wildman–Crippen MR) is 110 cm³/mol. The summed E-state index contributed by atoms with van der Waals surface area (Å²) in [6.07, 6.45) is 0. The third-order valence-corrected chi connectivity index (χ3v) is 4.52. The van der Waals surface area contributed by atoms with Gasteiger partial charge < -0.3 is 19.5 Å². The number of hydrogen-bond acceptors (Lipinski definition) is 5. The Balaban J connectivity index is 1.76. The Morgan fingerprint density at radius 2 is 1.93 bits per heavy atom. The van der Waals surface area contributed by atoms with E-state index in [0.717, 1.165) is 5.56 Å². The molecule has 3 aromatic rings. The Kier molecular flexibility index (Phi) is 6.19. The summed E-state index contributed by atoms with van der Waals surface area (Å²) in [5.41, 5.74) is 1.95. The lowest BCUT2D eigenvalue weighted by molar-refractivity contribution is -0.116. The number of rotatable bonds is 6. The summed E-state index contributed by atoms with van der Waals surface area (Å²) >= 11 is 5.99. The number of benzene rings is 2. The third kappa shape index (κ3) is 4.57. The van der Waals surface area contributed by atoms with Crippen molar-refractivity contribution in [2.45, 2.75) is 6.92 Å². The molecule has 29 heavy (non-hydrogen) atoms. The van der Waals surface area contributed by atoms with Gasteiger partial charge in [0.15, 0.2) is 0 Å². The van der Waals surface area contributed by atoms with Gasteiger partial charge in [0.25, 0.3) is 5.91 Å². The van der Waals surface area contributed by atoms with Crippen molar-refractivity contribution in [3.8, 4) is 17.0 Å². The summed E-state index contributed by atoms with van der Waals surface area (Å²) in [4.78, 5) is 26.8. The molecular weight excluding hydrogens is 394 g/mol. The van der Waals surface area contributed by atoms with Crippen LogP contribution in [0, 0.1) is 6.92 Å². The second-order valence-corrected chi connectivity index (χ2v) is 6.82. The lowest BCUT2D eigenvalue weighted by atomic mass is 10.1. The number of amides is 2. The van der Waals surface area contributed by atoms with Crippen LogP contribution < -0.4 is 10.1 Å². The van der Waals surface area contributed by atoms with Crippen LogP contribution in [0.2, 0.25) is 5.02 Å². The first-order valence-electron chi connectivity index (χ1n) is 8.81. The van der Waals surface area contributed by atoms with Crippen LogP contribution in [0.1, 0.15) is 16.1 Å². The first-order chi connectivity index (χ1) is 13.9. The molecule has 1 N–H and O–H groups in total. The van der Waals surface area contributed by atoms with Crippen LogP contribution in [0.5, 0.6) is 5.75 Å². The second-order valence-electron chi connectivity index (χ2n) is 6.38. The molecule has 0 fully saturated rings. The Labute approximate surface area is 173 Å². The van der Waals surface area contributed by atoms with E-state index in [0.29, 0.717) is 33.5 Å². The van der Waals surface area contributed by atoms with Crippen molar-refractivity contribution >= 4 is 29.1 Å². The van der Waals surface area contributed by atoms with Gasteiger partial charge in [-0.3, -0.25) is 9.59 Å². The van der Waals surface area contributed by atoms with Crippen LogP contribution in [0.4, 0.5) is 5.69 Å². The number of methoxy groups -OCH3 is 1. The molecule has 2 amide bonds. The lowest BCUT2D eigenvalue weighted by Crippen LogP contribution is -2.35. The van der Waals surface area contributed by atoms with Crippen molar-refractivity contribution in [2.75, 3.05) is 26.0 Å². The second kappa shape index (κ2) is 8.79. The zero-order chi connectivity index (χ0) is 21.0. The molecule has 3 rings (SSSR count). The number of anilines is 1. The average Bonchev–Trinajstić information content (AvgIpc) is 3.09. The van der Waals surface area contributed by atoms with Crippen molar-refractivity contribution in [1.82, 2.24) is 10.1 Å². The highest BCUT2D eigenvalue weighted by Gasteiger charge is 2.25. The number of carbonyl (C=O) groups excluding carboxylic acids is 2. The van der Waals surface area contributed by atoms with Crippen molar-refractivity contribution in [2.24, 2.45) is 0 Å². The highest BCUT2D eigenvalue weighted by atomic mass is 35.5. The van der Waals surface area contributed by atoms with Crippen LogP contribution in [-0.2, 0) is 4.79 Å². The standard InChI is InChI=1S/C21H20ClN3O4/c1-13-19(20(24-29-13)14-7-5-4-6-8-14)21(27)25(2)12-18(26)23-16-11-15(22)9-10-17(16)28-3/h4-11H,12H2,1-3H3,(H,23,26). The molecule has 0 saturated carbocycles. The SMILES string of the molecule is COc1ccc(Cl)cc1NC(=O)CN(C)C(=O)c1c(-c2ccccc2)noc1C. The minimum atomic E-state index is -0.392. The number of hydrogen-bond donors (Lipinski definition) is 1. The van der Waals surface area contributed by atoms with Gasteiger partial charge in [0.2, 0.25) is 5.91 Å². The van der Waals surface area contributed by atoms with Gasteiger partial charge in [0, 0.05) is 17.6 Å². The van der Waals surface area contributed by atoms with E-state index in [2.05, 4.69) is 10.5 Å². The van der Waals surface area contributed by atoms with Crippen LogP contribution in [0.3, 0.4) is 0 Å². The Bertz CT molecular complexity index is 1030. The topological polar surface area (TPSA) is 84.7 Å². The van der Waals surface area contributed by atoms with E-state index in [1.54, 1.807) is 32.2 Å². The first-order valence-corrected chi connectivity index (χ1v) is 9.19. The van der Waals surface area contributed by atoms with Crippen LogP contribution in [0.25, 0.3) is 11.3 Å². The molecule has 150 valence electrons. The summed E-state index contributed by atoms with van der Waals surface area (Å²) in [5, 5.41) is 7.18. The maximum Gasteiger partial charge on any atom is 0.259 e. The third-order valence-electron chi connectivity index (χ3n) is 4.29. The van der Waals surface area contributed by atoms with Gasteiger partial charge in [-0.1, -0.05) is 47.1 Å². The smallest absolute Gasteiger partial charge is 0.259 e. The monoisotopic (exact) mass is 413 g/mol. The quantitative estimate of drug-likeness (QED) is 0.659. The number of carbonyl (C=O) groups is 2. The maximum atomic E-state index is 13.0. The van der Waals surface area contributed by atoms with Crippen molar-refractivity contribution in [1.29, 1.82) is 0 Å². The number of ether oxygens (including phenoxy) is 1. The van der Waals surface area contributed by atoms with Crippen molar-refractivity contribution < 1.29 is 18.8 Å². The number of nitrogens with zero attached hydrogens (tertiary/aromatic N) is 2. The zero-order valence-corrected chi connectivity index (χ0v) is 17.0. The molecule has 0 aliphatic carbocycles. The fourth-order valence-electron chi connectivity index (χ4n) is 2.86. The molecule has 2 aromatic carbocycles. The lowest BCUT2D eigenvalue weighted by Gasteiger charge is -2.18. The maximum absolute atomic E-state index is 13.0. The van der Waals surface area contributed by atoms with Gasteiger partial charge >= 0.3 is 0 Å². The number of nitrogens with one attached hydrogen (secondary N) is 1. The van der Waals surface area contributed by atoms with E-state index in [4.69, 9.17) is 20.9 Å². The molecule has 0 atom stereocenters. The molecule has 0 aliphatic rings. The fourth-order valence-corrected chi connectivity index (χ4v) is 3.03. The molecule has 0 aliphatic heterocycles. The van der Waals surface area contributed by atoms with Gasteiger partial charge in [-0.15, -0.1) is 0 Å². The van der Waals surface area contributed by atoms with E-state index >= 15 is 0 Å². The molecule has 1 heterocycles. The summed E-state index contributed by atoms with van der Waals surface area (Å²) in [6.45, 7) is 1.49. The van der Waals surface area contributed by atoms with Crippen LogP contribution >= 0.6 is 11.6 Å². The van der Waals surface area contributed by atoms with E-state index in [9.17, 15) is 9.59 Å². The summed E-state index contributed by atoms with van der Waals surface area (Å²) in [6, 6.07) is 14.1. The number of aryl methyl sites for hydroxylation is 1. The van der Waals surface area contributed by atoms with Crippen LogP contribution in [-0.4, -0.2) is 42.6 Å². The average molecular weight is 414 g/mol. The molecule has 1 aromatic heterocycles. The highest BCUT2D eigenvalue weighted by molar-refractivity contribution is 6.31. The first kappa shape index (κ1) is 20.4. The summed E-state index contributed by atoms with van der Waals surface area (Å²) in [5.74, 6) is 0.100. The van der Waals surface area contributed by atoms with Crippen molar-refractivity contribution in [3.05, 3.63) is 64.9 Å². The van der Waals surface area contributed by atoms with E-state index in [1.807, 2.05) is 30.3 Å². The predicted octanol–water partition coefficient (Wildman–Crippen LogP) is 4.02. The molecule has 0 radical (unpaired) electrons. The van der Waals surface area contributed by atoms with E-state index in [-0.39, 0.29) is 12.5 Å². The molecule has 8 heteroatoms. The Morgan fingerprint density at radius 3 is 2.62 bits per heavy atom. The minimum Gasteiger partial charge on any atom is -0.495 e. The molecule has 7 nitrogen and oxygen atoms in total. The Morgan fingerprint density at radius 1 is 1.21 bits per heavy atom. The zero-order valence-electron chi connectivity index (χ0n) is 16.2. The normalized spacial score (nSPS) is 10.5. The number of aromatic nitrogens is 1. The number of likely N-dealkylation sites (N-methyl/N-ethyl adjacent to an activating group) is 1. The fraction of sp³-hybridized carbons (Fsp3) is 0.190. The Hall–Kier alpha value is -3.32. The van der Waals surface area contributed by atoms with E-state index in [1.165, 1.54) is 12.0 Å². The highest BCUT2D eigenvalue weighted by Crippen LogP contribution is 2.28.